The van der Waals surface area contributed by atoms with E-state index in [2.05, 4.69) is 10.8 Å². The van der Waals surface area contributed by atoms with Gasteiger partial charge in [-0.3, -0.25) is 4.79 Å². The van der Waals surface area contributed by atoms with E-state index in [4.69, 9.17) is 9.47 Å². The van der Waals surface area contributed by atoms with Crippen LogP contribution < -0.4 is 9.46 Å². The number of piperidine rings is 1. The molecule has 1 aromatic rings. The summed E-state index contributed by atoms with van der Waals surface area (Å²) in [6, 6.07) is 6.82. The van der Waals surface area contributed by atoms with Gasteiger partial charge >= 0.3 is 0 Å². The lowest BCUT2D eigenvalue weighted by atomic mass is 9.82. The number of rotatable bonds is 2. The minimum Gasteiger partial charge on any atom is -0.483 e. The molecule has 0 aromatic heterocycles. The summed E-state index contributed by atoms with van der Waals surface area (Å²) in [7, 11) is -3.41. The molecule has 1 saturated heterocycles. The first-order chi connectivity index (χ1) is 14.8. The van der Waals surface area contributed by atoms with E-state index < -0.39 is 10.0 Å². The first-order valence-electron chi connectivity index (χ1n) is 10.9. The van der Waals surface area contributed by atoms with E-state index in [9.17, 15) is 18.5 Å². The number of carbonyl (C=O) groups excluding carboxylic acids is 1. The van der Waals surface area contributed by atoms with E-state index in [0.29, 0.717) is 37.3 Å². The standard InChI is InChI=1S/C22H29N3O5S/c1-31(27,28)24-19-3-2-10-25-20(19)13-29-17-7-5-16(6-8-17)18-11-15(12-23)4-9-21(18)30-14-22(25)26/h4,9,11,16-17,19-20,24H,2-3,5-8,10,13-14H2,1H3/t16?,17?,19-,20-/m0/s1. The topological polar surface area (TPSA) is 109 Å². The van der Waals surface area contributed by atoms with E-state index in [1.165, 1.54) is 0 Å². The van der Waals surface area contributed by atoms with E-state index in [0.717, 1.165) is 37.5 Å². The van der Waals surface area contributed by atoms with Crippen LogP contribution in [0.25, 0.3) is 0 Å². The Labute approximate surface area is 183 Å². The van der Waals surface area contributed by atoms with Gasteiger partial charge in [0.1, 0.15) is 5.75 Å². The van der Waals surface area contributed by atoms with Crippen molar-refractivity contribution < 1.29 is 22.7 Å². The molecule has 9 heteroatoms. The van der Waals surface area contributed by atoms with Crippen molar-refractivity contribution in [3.8, 4) is 11.8 Å². The summed E-state index contributed by atoms with van der Waals surface area (Å²) >= 11 is 0. The zero-order valence-corrected chi connectivity index (χ0v) is 18.6. The van der Waals surface area contributed by atoms with Gasteiger partial charge in [-0.2, -0.15) is 5.26 Å². The number of hydrogen-bond donors (Lipinski definition) is 1. The normalized spacial score (nSPS) is 29.4. The van der Waals surface area contributed by atoms with Gasteiger partial charge in [0.05, 0.1) is 36.6 Å². The van der Waals surface area contributed by atoms with Crippen LogP contribution in [0.5, 0.6) is 5.75 Å². The molecular weight excluding hydrogens is 418 g/mol. The molecule has 0 unspecified atom stereocenters. The second kappa shape index (κ2) is 9.15. The average molecular weight is 448 g/mol. The number of fused-ring (bicyclic) bond motifs is 5. The third kappa shape index (κ3) is 5.20. The summed E-state index contributed by atoms with van der Waals surface area (Å²) in [5.41, 5.74) is 1.57. The number of nitriles is 1. The lowest BCUT2D eigenvalue weighted by molar-refractivity contribution is -0.140. The molecule has 1 aliphatic carbocycles. The Kier molecular flexibility index (Phi) is 6.51. The highest BCUT2D eigenvalue weighted by molar-refractivity contribution is 7.88. The summed E-state index contributed by atoms with van der Waals surface area (Å²) in [6.07, 6.45) is 6.20. The number of nitrogens with one attached hydrogen (secondary N) is 1. The van der Waals surface area contributed by atoms with Gasteiger partial charge in [0.2, 0.25) is 10.0 Å². The molecule has 2 fully saturated rings. The summed E-state index contributed by atoms with van der Waals surface area (Å²) in [4.78, 5) is 14.8. The Morgan fingerprint density at radius 2 is 1.97 bits per heavy atom. The van der Waals surface area contributed by atoms with Crippen molar-refractivity contribution in [2.75, 3.05) is 26.0 Å². The first kappa shape index (κ1) is 22.1. The molecule has 2 bridgehead atoms. The molecule has 3 heterocycles. The molecule has 0 radical (unpaired) electrons. The molecule has 1 saturated carbocycles. The van der Waals surface area contributed by atoms with Crippen molar-refractivity contribution in [2.45, 2.75) is 62.6 Å². The zero-order chi connectivity index (χ0) is 22.0. The van der Waals surface area contributed by atoms with E-state index in [1.807, 2.05) is 6.07 Å². The van der Waals surface area contributed by atoms with E-state index in [1.54, 1.807) is 17.0 Å². The summed E-state index contributed by atoms with van der Waals surface area (Å²) < 4.78 is 38.7. The highest BCUT2D eigenvalue weighted by atomic mass is 32.2. The Morgan fingerprint density at radius 1 is 1.19 bits per heavy atom. The smallest absolute Gasteiger partial charge is 0.260 e. The second-order valence-electron chi connectivity index (χ2n) is 8.75. The van der Waals surface area contributed by atoms with Crippen molar-refractivity contribution in [3.05, 3.63) is 29.3 Å². The zero-order valence-electron chi connectivity index (χ0n) is 17.7. The van der Waals surface area contributed by atoms with Crippen LogP contribution in [0.2, 0.25) is 0 Å². The molecule has 31 heavy (non-hydrogen) atoms. The Balaban J connectivity index is 1.63. The van der Waals surface area contributed by atoms with Crippen molar-refractivity contribution in [1.82, 2.24) is 9.62 Å². The molecule has 1 aromatic carbocycles. The maximum atomic E-state index is 13.1. The van der Waals surface area contributed by atoms with Gasteiger partial charge in [-0.15, -0.1) is 0 Å². The number of benzene rings is 1. The van der Waals surface area contributed by atoms with Crippen molar-refractivity contribution >= 4 is 15.9 Å². The number of nitrogens with zero attached hydrogens (tertiary/aromatic N) is 2. The molecule has 8 nitrogen and oxygen atoms in total. The fraction of sp³-hybridized carbons (Fsp3) is 0.636. The predicted octanol–water partition coefficient (Wildman–Crippen LogP) is 1.90. The van der Waals surface area contributed by atoms with Crippen molar-refractivity contribution in [2.24, 2.45) is 0 Å². The maximum Gasteiger partial charge on any atom is 0.260 e. The second-order valence-corrected chi connectivity index (χ2v) is 10.5. The van der Waals surface area contributed by atoms with Crippen LogP contribution in [-0.2, 0) is 19.6 Å². The van der Waals surface area contributed by atoms with Crippen LogP contribution in [0.15, 0.2) is 18.2 Å². The van der Waals surface area contributed by atoms with Crippen LogP contribution in [0.3, 0.4) is 0 Å². The number of amides is 1. The van der Waals surface area contributed by atoms with Crippen LogP contribution in [0.1, 0.15) is 55.6 Å². The molecule has 4 aliphatic rings. The summed E-state index contributed by atoms with van der Waals surface area (Å²) in [5.74, 6) is 0.729. The number of hydrogen-bond acceptors (Lipinski definition) is 6. The highest BCUT2D eigenvalue weighted by Crippen LogP contribution is 2.39. The van der Waals surface area contributed by atoms with Gasteiger partial charge < -0.3 is 14.4 Å². The highest BCUT2D eigenvalue weighted by Gasteiger charge is 2.37. The lowest BCUT2D eigenvalue weighted by Gasteiger charge is -2.41. The quantitative estimate of drug-likeness (QED) is 0.742. The third-order valence-corrected chi connectivity index (χ3v) is 7.30. The Bertz CT molecular complexity index is 966. The fourth-order valence-electron chi connectivity index (χ4n) is 5.05. The molecule has 168 valence electrons. The van der Waals surface area contributed by atoms with Gasteiger partial charge in [-0.1, -0.05) is 0 Å². The van der Waals surface area contributed by atoms with Crippen LogP contribution in [0.4, 0.5) is 0 Å². The minimum absolute atomic E-state index is 0.0817. The monoisotopic (exact) mass is 447 g/mol. The van der Waals surface area contributed by atoms with Gasteiger partial charge in [0, 0.05) is 12.6 Å². The first-order valence-corrected chi connectivity index (χ1v) is 12.8. The van der Waals surface area contributed by atoms with E-state index >= 15 is 0 Å². The minimum atomic E-state index is -3.41. The molecule has 3 aliphatic heterocycles. The molecule has 5 rings (SSSR count). The number of sulfonamides is 1. The van der Waals surface area contributed by atoms with Gasteiger partial charge in [-0.05, 0) is 68.2 Å². The number of carbonyl (C=O) groups is 1. The molecule has 1 amide bonds. The maximum absolute atomic E-state index is 13.1. The van der Waals surface area contributed by atoms with Crippen LogP contribution in [-0.4, -0.2) is 63.4 Å². The summed E-state index contributed by atoms with van der Waals surface area (Å²) in [6.45, 7) is 0.725. The predicted molar refractivity (Wildman–Crippen MR) is 114 cm³/mol. The fourth-order valence-corrected chi connectivity index (χ4v) is 5.88. The largest absolute Gasteiger partial charge is 0.483 e. The average Bonchev–Trinajstić information content (AvgIpc) is 2.76. The molecule has 0 spiro atoms. The van der Waals surface area contributed by atoms with Gasteiger partial charge in [0.15, 0.2) is 6.61 Å². The summed E-state index contributed by atoms with van der Waals surface area (Å²) in [5, 5.41) is 9.31. The number of ether oxygens (including phenoxy) is 2. The van der Waals surface area contributed by atoms with E-state index in [-0.39, 0.29) is 36.6 Å². The van der Waals surface area contributed by atoms with Crippen molar-refractivity contribution in [1.29, 1.82) is 5.26 Å². The SMILES string of the molecule is CS(=O)(=O)N[C@H]1CCCN2C(=O)COc3ccc(C#N)cc3C3CCC(CC3)OC[C@@H]12. The molecular formula is C22H29N3O5S. The van der Waals surface area contributed by atoms with Gasteiger partial charge in [-0.25, -0.2) is 13.1 Å². The Morgan fingerprint density at radius 3 is 2.68 bits per heavy atom. The molecule has 1 N–H and O–H groups in total. The third-order valence-electron chi connectivity index (χ3n) is 6.57. The van der Waals surface area contributed by atoms with Crippen LogP contribution in [0, 0.1) is 11.3 Å². The van der Waals surface area contributed by atoms with Gasteiger partial charge in [0.25, 0.3) is 5.91 Å². The molecule has 2 atom stereocenters. The lowest BCUT2D eigenvalue weighted by Crippen LogP contribution is -2.59. The Hall–Kier alpha value is -2.15. The van der Waals surface area contributed by atoms with Crippen molar-refractivity contribution in [3.63, 3.8) is 0 Å². The van der Waals surface area contributed by atoms with Crippen LogP contribution >= 0.6 is 0 Å².